The third-order valence-corrected chi connectivity index (χ3v) is 6.29. The van der Waals surface area contributed by atoms with E-state index in [-0.39, 0.29) is 17.7 Å². The van der Waals surface area contributed by atoms with Gasteiger partial charge in [-0.15, -0.1) is 0 Å². The highest BCUT2D eigenvalue weighted by atomic mass is 79.9. The summed E-state index contributed by atoms with van der Waals surface area (Å²) in [4.78, 5) is 26.9. The molecule has 0 N–H and O–H groups in total. The van der Waals surface area contributed by atoms with E-state index in [4.69, 9.17) is 4.74 Å². The molecule has 0 unspecified atom stereocenters. The van der Waals surface area contributed by atoms with Crippen molar-refractivity contribution in [1.29, 1.82) is 5.26 Å². The number of carbonyl (C=O) groups excluding carboxylic acids is 2. The molecule has 0 aliphatic carbocycles. The Morgan fingerprint density at radius 1 is 1.00 bits per heavy atom. The van der Waals surface area contributed by atoms with Crippen molar-refractivity contribution in [3.63, 3.8) is 0 Å². The molecular weight excluding hydrogens is 488 g/mol. The van der Waals surface area contributed by atoms with Crippen LogP contribution in [-0.2, 0) is 17.9 Å². The average Bonchev–Trinajstić information content (AvgIpc) is 3.07. The molecular formula is C25H17BrN2O3S. The Bertz CT molecular complexity index is 1250. The second kappa shape index (κ2) is 9.86. The number of halogens is 1. The number of amides is 2. The molecule has 4 rings (SSSR count). The minimum absolute atomic E-state index is 0.0629. The van der Waals surface area contributed by atoms with Gasteiger partial charge in [0.2, 0.25) is 0 Å². The summed E-state index contributed by atoms with van der Waals surface area (Å²) in [6.07, 6.45) is 1.68. The molecule has 1 saturated heterocycles. The Kier molecular flexibility index (Phi) is 6.74. The predicted molar refractivity (Wildman–Crippen MR) is 128 cm³/mol. The SMILES string of the molecule is N#Cc1ccccc1CN1C(=O)S/C(=C/c2ccccc2OCc2ccc(Br)cc2)C1=O. The molecule has 0 atom stereocenters. The summed E-state index contributed by atoms with van der Waals surface area (Å²) in [5.74, 6) is 0.243. The zero-order valence-electron chi connectivity index (χ0n) is 16.8. The minimum Gasteiger partial charge on any atom is -0.488 e. The topological polar surface area (TPSA) is 70.4 Å². The number of thioether (sulfide) groups is 1. The molecule has 1 aliphatic rings. The van der Waals surface area contributed by atoms with Crippen molar-refractivity contribution in [3.05, 3.63) is 104 Å². The van der Waals surface area contributed by atoms with E-state index in [1.165, 1.54) is 0 Å². The lowest BCUT2D eigenvalue weighted by Gasteiger charge is -2.13. The zero-order chi connectivity index (χ0) is 22.5. The van der Waals surface area contributed by atoms with E-state index in [9.17, 15) is 14.9 Å². The first-order valence-electron chi connectivity index (χ1n) is 9.75. The molecule has 1 aliphatic heterocycles. The summed E-state index contributed by atoms with van der Waals surface area (Å²) < 4.78 is 6.97. The quantitative estimate of drug-likeness (QED) is 0.377. The number of nitrogens with zero attached hydrogens (tertiary/aromatic N) is 2. The number of para-hydroxylation sites is 1. The average molecular weight is 505 g/mol. The monoisotopic (exact) mass is 504 g/mol. The first-order valence-corrected chi connectivity index (χ1v) is 11.4. The number of hydrogen-bond acceptors (Lipinski definition) is 5. The van der Waals surface area contributed by atoms with Crippen LogP contribution in [0.2, 0.25) is 0 Å². The Morgan fingerprint density at radius 2 is 1.72 bits per heavy atom. The largest absolute Gasteiger partial charge is 0.488 e. The smallest absolute Gasteiger partial charge is 0.293 e. The van der Waals surface area contributed by atoms with Crippen molar-refractivity contribution in [3.8, 4) is 11.8 Å². The first kappa shape index (κ1) is 21.9. The van der Waals surface area contributed by atoms with Gasteiger partial charge < -0.3 is 4.74 Å². The van der Waals surface area contributed by atoms with Crippen LogP contribution in [0.5, 0.6) is 5.75 Å². The minimum atomic E-state index is -0.379. The number of nitriles is 1. The first-order chi connectivity index (χ1) is 15.5. The Balaban J connectivity index is 1.53. The summed E-state index contributed by atoms with van der Waals surface area (Å²) in [6.45, 7) is 0.442. The molecule has 5 nitrogen and oxygen atoms in total. The Hall–Kier alpha value is -3.34. The third kappa shape index (κ3) is 4.93. The molecule has 0 aromatic heterocycles. The number of carbonyl (C=O) groups is 2. The van der Waals surface area contributed by atoms with Crippen molar-refractivity contribution >= 4 is 44.9 Å². The van der Waals surface area contributed by atoms with Crippen LogP contribution in [0.25, 0.3) is 6.08 Å². The van der Waals surface area contributed by atoms with Crippen molar-refractivity contribution in [2.24, 2.45) is 0 Å². The zero-order valence-corrected chi connectivity index (χ0v) is 19.2. The highest BCUT2D eigenvalue weighted by molar-refractivity contribution is 9.10. The molecule has 7 heteroatoms. The molecule has 0 saturated carbocycles. The van der Waals surface area contributed by atoms with E-state index in [1.54, 1.807) is 30.3 Å². The van der Waals surface area contributed by atoms with E-state index >= 15 is 0 Å². The van der Waals surface area contributed by atoms with Crippen LogP contribution >= 0.6 is 27.7 Å². The van der Waals surface area contributed by atoms with Gasteiger partial charge >= 0.3 is 0 Å². The van der Waals surface area contributed by atoms with E-state index < -0.39 is 0 Å². The molecule has 3 aromatic rings. The molecule has 0 radical (unpaired) electrons. The van der Waals surface area contributed by atoms with Gasteiger partial charge in [0.05, 0.1) is 23.1 Å². The fourth-order valence-electron chi connectivity index (χ4n) is 3.19. The standard InChI is InChI=1S/C25H17BrN2O3S/c26-21-11-9-17(10-12-21)16-31-22-8-4-3-5-18(22)13-23-24(29)28(25(30)32-23)15-20-7-2-1-6-19(20)14-27/h1-13H,15-16H2/b23-13+. The maximum absolute atomic E-state index is 12.9. The number of imide groups is 1. The van der Waals surface area contributed by atoms with Gasteiger partial charge in [0.15, 0.2) is 0 Å². The third-order valence-electron chi connectivity index (χ3n) is 4.85. The van der Waals surface area contributed by atoms with E-state index in [0.717, 1.165) is 26.7 Å². The maximum atomic E-state index is 12.9. The molecule has 3 aromatic carbocycles. The van der Waals surface area contributed by atoms with Gasteiger partial charge in [0.25, 0.3) is 11.1 Å². The fraction of sp³-hybridized carbons (Fsp3) is 0.0800. The second-order valence-electron chi connectivity index (χ2n) is 6.99. The van der Waals surface area contributed by atoms with Crippen LogP contribution in [0.4, 0.5) is 4.79 Å². The van der Waals surface area contributed by atoms with Crippen LogP contribution < -0.4 is 4.74 Å². The van der Waals surface area contributed by atoms with Crippen LogP contribution in [-0.4, -0.2) is 16.0 Å². The summed E-state index contributed by atoms with van der Waals surface area (Å²) in [5.41, 5.74) is 2.81. The van der Waals surface area contributed by atoms with Gasteiger partial charge in [-0.25, -0.2) is 0 Å². The number of ether oxygens (including phenoxy) is 1. The number of hydrogen-bond donors (Lipinski definition) is 0. The molecule has 32 heavy (non-hydrogen) atoms. The number of benzene rings is 3. The predicted octanol–water partition coefficient (Wildman–Crippen LogP) is 6.14. The van der Waals surface area contributed by atoms with Crippen LogP contribution in [0, 0.1) is 11.3 Å². The normalized spacial score (nSPS) is 14.6. The van der Waals surface area contributed by atoms with Gasteiger partial charge in [0.1, 0.15) is 12.4 Å². The fourth-order valence-corrected chi connectivity index (χ4v) is 4.28. The van der Waals surface area contributed by atoms with Crippen molar-refractivity contribution < 1.29 is 14.3 Å². The maximum Gasteiger partial charge on any atom is 0.293 e. The lowest BCUT2D eigenvalue weighted by Crippen LogP contribution is -2.27. The van der Waals surface area contributed by atoms with Crippen molar-refractivity contribution in [2.45, 2.75) is 13.2 Å². The van der Waals surface area contributed by atoms with Crippen LogP contribution in [0.1, 0.15) is 22.3 Å². The highest BCUT2D eigenvalue weighted by Gasteiger charge is 2.35. The highest BCUT2D eigenvalue weighted by Crippen LogP contribution is 2.35. The lowest BCUT2D eigenvalue weighted by molar-refractivity contribution is -0.123. The molecule has 1 fully saturated rings. The van der Waals surface area contributed by atoms with Crippen LogP contribution in [0.15, 0.2) is 82.2 Å². The summed E-state index contributed by atoms with van der Waals surface area (Å²) in [6, 6.07) is 24.3. The van der Waals surface area contributed by atoms with E-state index in [0.29, 0.717) is 34.0 Å². The van der Waals surface area contributed by atoms with Gasteiger partial charge in [-0.05, 0) is 53.2 Å². The number of rotatable bonds is 6. The van der Waals surface area contributed by atoms with E-state index in [2.05, 4.69) is 22.0 Å². The lowest BCUT2D eigenvalue weighted by atomic mass is 10.1. The van der Waals surface area contributed by atoms with Gasteiger partial charge in [-0.2, -0.15) is 5.26 Å². The molecule has 158 valence electrons. The molecule has 1 heterocycles. The Morgan fingerprint density at radius 3 is 2.50 bits per heavy atom. The van der Waals surface area contributed by atoms with Crippen LogP contribution in [0.3, 0.4) is 0 Å². The van der Waals surface area contributed by atoms with Crippen molar-refractivity contribution in [1.82, 2.24) is 4.90 Å². The Labute approximate surface area is 198 Å². The summed E-state index contributed by atoms with van der Waals surface area (Å²) in [5, 5.41) is 8.92. The van der Waals surface area contributed by atoms with Gasteiger partial charge in [-0.1, -0.05) is 64.5 Å². The summed E-state index contributed by atoms with van der Waals surface area (Å²) >= 11 is 4.30. The van der Waals surface area contributed by atoms with Crippen molar-refractivity contribution in [2.75, 3.05) is 0 Å². The second-order valence-corrected chi connectivity index (χ2v) is 8.90. The molecule has 0 spiro atoms. The molecule has 2 amide bonds. The van der Waals surface area contributed by atoms with E-state index in [1.807, 2.05) is 48.5 Å². The van der Waals surface area contributed by atoms with Gasteiger partial charge in [-0.3, -0.25) is 14.5 Å². The molecule has 0 bridgehead atoms. The van der Waals surface area contributed by atoms with Gasteiger partial charge in [0, 0.05) is 10.0 Å². The summed E-state index contributed by atoms with van der Waals surface area (Å²) in [7, 11) is 0.